The summed E-state index contributed by atoms with van der Waals surface area (Å²) in [6.45, 7) is 6.85. The minimum atomic E-state index is -0.0947. The Morgan fingerprint density at radius 2 is 2.31 bits per heavy atom. The van der Waals surface area contributed by atoms with Crippen molar-refractivity contribution in [3.05, 3.63) is 0 Å². The fraction of sp³-hybridized carbons (Fsp3) is 0.909. The Morgan fingerprint density at radius 3 is 2.88 bits per heavy atom. The molecule has 5 heteroatoms. The lowest BCUT2D eigenvalue weighted by atomic mass is 10.0. The molecule has 1 rings (SSSR count). The molecule has 0 radical (unpaired) electrons. The summed E-state index contributed by atoms with van der Waals surface area (Å²) in [5.41, 5.74) is 2.22. The maximum absolute atomic E-state index is 11.4. The topological polar surface area (TPSA) is 67.6 Å². The Hall–Kier alpha value is -0.650. The van der Waals surface area contributed by atoms with Crippen LogP contribution in [0.2, 0.25) is 0 Å². The number of hydrazine groups is 1. The minimum absolute atomic E-state index is 0.0775. The zero-order valence-electron chi connectivity index (χ0n) is 10.4. The summed E-state index contributed by atoms with van der Waals surface area (Å²) in [7, 11) is 1.73. The molecule has 0 aromatic heterocycles. The van der Waals surface area contributed by atoms with Gasteiger partial charge in [-0.15, -0.1) is 0 Å². The van der Waals surface area contributed by atoms with Gasteiger partial charge in [0.2, 0.25) is 5.91 Å². The largest absolute Gasteiger partial charge is 0.384 e. The Balaban J connectivity index is 2.43. The summed E-state index contributed by atoms with van der Waals surface area (Å²) < 4.78 is 5.16. The first-order valence-electron chi connectivity index (χ1n) is 5.83. The van der Waals surface area contributed by atoms with E-state index in [1.165, 1.54) is 0 Å². The van der Waals surface area contributed by atoms with Crippen molar-refractivity contribution < 1.29 is 9.53 Å². The Kier molecular flexibility index (Phi) is 5.18. The van der Waals surface area contributed by atoms with Crippen molar-refractivity contribution in [3.8, 4) is 0 Å². The van der Waals surface area contributed by atoms with E-state index in [9.17, 15) is 4.79 Å². The molecule has 3 unspecified atom stereocenters. The molecule has 1 heterocycles. The van der Waals surface area contributed by atoms with Crippen molar-refractivity contribution in [1.29, 1.82) is 0 Å². The molecule has 94 valence electrons. The third-order valence-electron chi connectivity index (χ3n) is 3.58. The number of amides is 1. The van der Waals surface area contributed by atoms with Gasteiger partial charge in [0, 0.05) is 19.7 Å². The number of carbonyl (C=O) groups excluding carboxylic acids is 1. The van der Waals surface area contributed by atoms with Gasteiger partial charge in [-0.2, -0.15) is 0 Å². The average Bonchev–Trinajstić information content (AvgIpc) is 2.75. The Bertz CT molecular complexity index is 235. The average molecular weight is 229 g/mol. The molecule has 1 aliphatic heterocycles. The molecule has 0 aliphatic carbocycles. The van der Waals surface area contributed by atoms with Gasteiger partial charge in [-0.05, 0) is 25.8 Å². The monoisotopic (exact) mass is 229 g/mol. The Morgan fingerprint density at radius 1 is 1.62 bits per heavy atom. The van der Waals surface area contributed by atoms with E-state index in [0.29, 0.717) is 5.92 Å². The standard InChI is InChI=1S/C11H23N3O2/c1-8(11(15)13-12)9(2)14-5-4-10(6-14)7-16-3/h8-10H,4-7,12H2,1-3H3,(H,13,15). The summed E-state index contributed by atoms with van der Waals surface area (Å²) in [6, 6.07) is 0.227. The third-order valence-corrected chi connectivity index (χ3v) is 3.58. The van der Waals surface area contributed by atoms with Crippen molar-refractivity contribution in [2.45, 2.75) is 26.3 Å². The van der Waals surface area contributed by atoms with E-state index < -0.39 is 0 Å². The molecule has 0 bridgehead atoms. The zero-order valence-corrected chi connectivity index (χ0v) is 10.4. The van der Waals surface area contributed by atoms with Crippen molar-refractivity contribution in [3.63, 3.8) is 0 Å². The van der Waals surface area contributed by atoms with Crippen LogP contribution in [0.15, 0.2) is 0 Å². The van der Waals surface area contributed by atoms with Gasteiger partial charge in [-0.1, -0.05) is 6.92 Å². The highest BCUT2D eigenvalue weighted by Crippen LogP contribution is 2.22. The second kappa shape index (κ2) is 6.18. The lowest BCUT2D eigenvalue weighted by molar-refractivity contribution is -0.126. The van der Waals surface area contributed by atoms with E-state index in [-0.39, 0.29) is 17.9 Å². The number of hydrogen-bond acceptors (Lipinski definition) is 4. The number of ether oxygens (including phenoxy) is 1. The molecule has 1 fully saturated rings. The molecule has 1 saturated heterocycles. The smallest absolute Gasteiger partial charge is 0.238 e. The van der Waals surface area contributed by atoms with E-state index >= 15 is 0 Å². The number of hydrogen-bond donors (Lipinski definition) is 2. The summed E-state index contributed by atoms with van der Waals surface area (Å²) >= 11 is 0. The predicted molar refractivity (Wildman–Crippen MR) is 62.5 cm³/mol. The van der Waals surface area contributed by atoms with Gasteiger partial charge in [0.1, 0.15) is 0 Å². The number of carbonyl (C=O) groups is 1. The quantitative estimate of drug-likeness (QED) is 0.395. The molecule has 3 atom stereocenters. The molecule has 5 nitrogen and oxygen atoms in total. The predicted octanol–water partition coefficient (Wildman–Crippen LogP) is -0.0308. The van der Waals surface area contributed by atoms with E-state index in [2.05, 4.69) is 17.2 Å². The molecule has 0 spiro atoms. The van der Waals surface area contributed by atoms with Crippen LogP contribution in [-0.4, -0.2) is 43.7 Å². The fourth-order valence-electron chi connectivity index (χ4n) is 2.27. The van der Waals surface area contributed by atoms with Crippen molar-refractivity contribution in [2.24, 2.45) is 17.7 Å². The maximum atomic E-state index is 11.4. The minimum Gasteiger partial charge on any atom is -0.384 e. The fourth-order valence-corrected chi connectivity index (χ4v) is 2.27. The highest BCUT2D eigenvalue weighted by atomic mass is 16.5. The molecule has 16 heavy (non-hydrogen) atoms. The van der Waals surface area contributed by atoms with E-state index in [4.69, 9.17) is 10.6 Å². The van der Waals surface area contributed by atoms with Crippen LogP contribution in [0.1, 0.15) is 20.3 Å². The summed E-state index contributed by atoms with van der Waals surface area (Å²) in [6.07, 6.45) is 1.15. The van der Waals surface area contributed by atoms with Crippen LogP contribution in [-0.2, 0) is 9.53 Å². The molecule has 0 aromatic rings. The molecular weight excluding hydrogens is 206 g/mol. The van der Waals surface area contributed by atoms with Gasteiger partial charge in [0.15, 0.2) is 0 Å². The van der Waals surface area contributed by atoms with E-state index in [0.717, 1.165) is 26.1 Å². The first kappa shape index (κ1) is 13.4. The van der Waals surface area contributed by atoms with Crippen LogP contribution < -0.4 is 11.3 Å². The van der Waals surface area contributed by atoms with Gasteiger partial charge < -0.3 is 4.74 Å². The maximum Gasteiger partial charge on any atom is 0.238 e. The van der Waals surface area contributed by atoms with Crippen LogP contribution in [0.3, 0.4) is 0 Å². The van der Waals surface area contributed by atoms with Crippen LogP contribution >= 0.6 is 0 Å². The van der Waals surface area contributed by atoms with Gasteiger partial charge in [-0.25, -0.2) is 5.84 Å². The number of rotatable bonds is 5. The SMILES string of the molecule is COCC1CCN(C(C)C(C)C(=O)NN)C1. The van der Waals surface area contributed by atoms with Crippen LogP contribution in [0.4, 0.5) is 0 Å². The van der Waals surface area contributed by atoms with E-state index in [1.54, 1.807) is 7.11 Å². The van der Waals surface area contributed by atoms with Crippen molar-refractivity contribution in [2.75, 3.05) is 26.8 Å². The molecule has 1 aliphatic rings. The lowest BCUT2D eigenvalue weighted by Gasteiger charge is -2.28. The second-order valence-electron chi connectivity index (χ2n) is 4.64. The summed E-state index contributed by atoms with van der Waals surface area (Å²) in [4.78, 5) is 13.8. The van der Waals surface area contributed by atoms with Crippen LogP contribution in [0, 0.1) is 11.8 Å². The van der Waals surface area contributed by atoms with Gasteiger partial charge in [0.25, 0.3) is 0 Å². The first-order valence-corrected chi connectivity index (χ1v) is 5.83. The number of nitrogens with zero attached hydrogens (tertiary/aromatic N) is 1. The highest BCUT2D eigenvalue weighted by molar-refractivity contribution is 5.78. The number of likely N-dealkylation sites (tertiary alicyclic amines) is 1. The Labute approximate surface area is 97.3 Å². The lowest BCUT2D eigenvalue weighted by Crippen LogP contribution is -2.45. The van der Waals surface area contributed by atoms with Crippen LogP contribution in [0.5, 0.6) is 0 Å². The summed E-state index contributed by atoms with van der Waals surface area (Å²) in [5, 5.41) is 0. The molecule has 0 aromatic carbocycles. The molecule has 0 saturated carbocycles. The van der Waals surface area contributed by atoms with Gasteiger partial charge in [-0.3, -0.25) is 15.1 Å². The van der Waals surface area contributed by atoms with E-state index in [1.807, 2.05) is 6.92 Å². The number of nitrogens with two attached hydrogens (primary N) is 1. The van der Waals surface area contributed by atoms with Crippen molar-refractivity contribution >= 4 is 5.91 Å². The van der Waals surface area contributed by atoms with Crippen molar-refractivity contribution in [1.82, 2.24) is 10.3 Å². The molecule has 1 amide bonds. The molecule has 3 N–H and O–H groups in total. The van der Waals surface area contributed by atoms with Gasteiger partial charge in [0.05, 0.1) is 12.5 Å². The zero-order chi connectivity index (χ0) is 12.1. The normalized spacial score (nSPS) is 25.4. The number of nitrogens with one attached hydrogen (secondary N) is 1. The molecular formula is C11H23N3O2. The third kappa shape index (κ3) is 3.17. The van der Waals surface area contributed by atoms with Gasteiger partial charge >= 0.3 is 0 Å². The second-order valence-corrected chi connectivity index (χ2v) is 4.64. The highest BCUT2D eigenvalue weighted by Gasteiger charge is 2.30. The summed E-state index contributed by atoms with van der Waals surface area (Å²) in [5.74, 6) is 5.57. The first-order chi connectivity index (χ1) is 7.60. The van der Waals surface area contributed by atoms with Crippen LogP contribution in [0.25, 0.3) is 0 Å². The number of methoxy groups -OCH3 is 1.